The molecule has 0 N–H and O–H groups in total. The molecule has 0 amide bonds. The summed E-state index contributed by atoms with van der Waals surface area (Å²) in [5.41, 5.74) is 1.68. The molecule has 4 rings (SSSR count). The predicted molar refractivity (Wildman–Crippen MR) is 160 cm³/mol. The molecule has 1 atom stereocenters. The number of ether oxygens (including phenoxy) is 2. The first-order chi connectivity index (χ1) is 19.4. The third kappa shape index (κ3) is 6.95. The maximum atomic E-state index is 14.0. The fraction of sp³-hybridized carbons (Fsp3) is 0.324. The number of Topliss-reactive ketones (excluding diaryl/α,β-unsaturated/α-hetero) is 2. The number of halogens is 1. The Balaban J connectivity index is 1.62. The third-order valence-electron chi connectivity index (χ3n) is 7.26. The van der Waals surface area contributed by atoms with E-state index >= 15 is 0 Å². The van der Waals surface area contributed by atoms with E-state index in [4.69, 9.17) is 21.1 Å². The summed E-state index contributed by atoms with van der Waals surface area (Å²) in [4.78, 5) is 40.2. The number of aromatic nitrogens is 1. The molecule has 0 radical (unpaired) electrons. The number of ketones is 2. The molecule has 0 aliphatic carbocycles. The molecular formula is C34H36ClNO5. The van der Waals surface area contributed by atoms with E-state index in [1.165, 1.54) is 0 Å². The van der Waals surface area contributed by atoms with Crippen molar-refractivity contribution in [2.75, 3.05) is 6.61 Å². The highest BCUT2D eigenvalue weighted by Crippen LogP contribution is 2.33. The Kier molecular flexibility index (Phi) is 9.15. The zero-order chi connectivity index (χ0) is 29.8. The lowest BCUT2D eigenvalue weighted by Crippen LogP contribution is -2.44. The molecule has 2 aromatic carbocycles. The van der Waals surface area contributed by atoms with Crippen molar-refractivity contribution < 1.29 is 23.9 Å². The number of pyridine rings is 1. The zero-order valence-electron chi connectivity index (χ0n) is 24.1. The van der Waals surface area contributed by atoms with Gasteiger partial charge in [0, 0.05) is 34.1 Å². The van der Waals surface area contributed by atoms with Crippen LogP contribution in [-0.2, 0) is 27.3 Å². The lowest BCUT2D eigenvalue weighted by atomic mass is 9.76. The van der Waals surface area contributed by atoms with Crippen molar-refractivity contribution in [2.24, 2.45) is 10.8 Å². The van der Waals surface area contributed by atoms with E-state index in [0.717, 1.165) is 16.6 Å². The highest BCUT2D eigenvalue weighted by molar-refractivity contribution is 6.30. The molecule has 4 aromatic rings. The second kappa shape index (κ2) is 12.4. The van der Waals surface area contributed by atoms with Gasteiger partial charge in [0.05, 0.1) is 24.0 Å². The lowest BCUT2D eigenvalue weighted by molar-refractivity contribution is -0.153. The topological polar surface area (TPSA) is 74.1 Å². The Bertz CT molecular complexity index is 1540. The van der Waals surface area contributed by atoms with Crippen LogP contribution in [0.4, 0.5) is 0 Å². The van der Waals surface area contributed by atoms with Crippen molar-refractivity contribution in [1.29, 1.82) is 0 Å². The molecule has 214 valence electrons. The maximum Gasteiger partial charge on any atom is 0.311 e. The van der Waals surface area contributed by atoms with Gasteiger partial charge in [0.25, 0.3) is 0 Å². The molecule has 0 saturated carbocycles. The van der Waals surface area contributed by atoms with E-state index in [0.29, 0.717) is 29.2 Å². The quantitative estimate of drug-likeness (QED) is 0.130. The maximum absolute atomic E-state index is 14.0. The van der Waals surface area contributed by atoms with Crippen LogP contribution >= 0.6 is 11.6 Å². The van der Waals surface area contributed by atoms with E-state index in [1.807, 2.05) is 73.1 Å². The van der Waals surface area contributed by atoms with Crippen molar-refractivity contribution in [3.63, 3.8) is 0 Å². The number of esters is 1. The summed E-state index contributed by atoms with van der Waals surface area (Å²) in [7, 11) is 0. The van der Waals surface area contributed by atoms with Gasteiger partial charge < -0.3 is 13.9 Å². The Hall–Kier alpha value is -3.74. The first-order valence-corrected chi connectivity index (χ1v) is 14.1. The normalized spacial score (nSPS) is 12.7. The minimum Gasteiger partial charge on any atom is -0.466 e. The van der Waals surface area contributed by atoms with Gasteiger partial charge >= 0.3 is 5.97 Å². The highest BCUT2D eigenvalue weighted by atomic mass is 35.5. The number of carbonyl (C=O) groups excluding carboxylic acids is 3. The summed E-state index contributed by atoms with van der Waals surface area (Å²) in [6, 6.07) is 21.7. The second-order valence-electron chi connectivity index (χ2n) is 11.5. The highest BCUT2D eigenvalue weighted by Gasteiger charge is 2.43. The Morgan fingerprint density at radius 3 is 2.22 bits per heavy atom. The summed E-state index contributed by atoms with van der Waals surface area (Å²) >= 11 is 6.05. The average molecular weight is 574 g/mol. The second-order valence-corrected chi connectivity index (χ2v) is 11.9. The molecule has 41 heavy (non-hydrogen) atoms. The molecule has 1 unspecified atom stereocenters. The van der Waals surface area contributed by atoms with E-state index in [2.05, 4.69) is 0 Å². The van der Waals surface area contributed by atoms with Gasteiger partial charge in [-0.3, -0.25) is 14.4 Å². The number of hydrogen-bond donors (Lipinski definition) is 0. The summed E-state index contributed by atoms with van der Waals surface area (Å²) in [5, 5.41) is 0.518. The van der Waals surface area contributed by atoms with Crippen LogP contribution in [0, 0.1) is 10.8 Å². The SMILES string of the molecule is CCOC(=O)C(C)(C)Cc1cc2cc(C(=O)C(C)(C)C(OCc3ccccc3)C(=O)c3ccc(Cl)cc3)ccn2c1. The Morgan fingerprint density at radius 2 is 1.56 bits per heavy atom. The van der Waals surface area contributed by atoms with E-state index in [1.54, 1.807) is 51.1 Å². The van der Waals surface area contributed by atoms with Gasteiger partial charge in [0.15, 0.2) is 11.6 Å². The number of carbonyl (C=O) groups is 3. The van der Waals surface area contributed by atoms with Gasteiger partial charge in [-0.1, -0.05) is 41.9 Å². The largest absolute Gasteiger partial charge is 0.466 e. The molecular weight excluding hydrogens is 538 g/mol. The van der Waals surface area contributed by atoms with Crippen molar-refractivity contribution in [3.05, 3.63) is 112 Å². The van der Waals surface area contributed by atoms with Gasteiger partial charge in [-0.15, -0.1) is 0 Å². The summed E-state index contributed by atoms with van der Waals surface area (Å²) in [6.07, 6.45) is 3.22. The molecule has 0 aliphatic rings. The van der Waals surface area contributed by atoms with Crippen LogP contribution < -0.4 is 0 Å². The number of hydrogen-bond acceptors (Lipinski definition) is 5. The van der Waals surface area contributed by atoms with Crippen LogP contribution in [0.15, 0.2) is 85.2 Å². The number of benzene rings is 2. The van der Waals surface area contributed by atoms with E-state index in [-0.39, 0.29) is 24.1 Å². The smallest absolute Gasteiger partial charge is 0.311 e. The number of rotatable bonds is 12. The third-order valence-corrected chi connectivity index (χ3v) is 7.51. The van der Waals surface area contributed by atoms with E-state index in [9.17, 15) is 14.4 Å². The minimum atomic E-state index is -1.19. The van der Waals surface area contributed by atoms with Crippen LogP contribution in [0.5, 0.6) is 0 Å². The van der Waals surface area contributed by atoms with E-state index < -0.39 is 16.9 Å². The van der Waals surface area contributed by atoms with Crippen molar-refractivity contribution in [3.8, 4) is 0 Å². The first-order valence-electron chi connectivity index (χ1n) is 13.7. The van der Waals surface area contributed by atoms with Crippen LogP contribution in [0.25, 0.3) is 5.52 Å². The number of fused-ring (bicyclic) bond motifs is 1. The van der Waals surface area contributed by atoms with Crippen LogP contribution in [0.3, 0.4) is 0 Å². The molecule has 7 heteroatoms. The molecule has 6 nitrogen and oxygen atoms in total. The zero-order valence-corrected chi connectivity index (χ0v) is 24.9. The van der Waals surface area contributed by atoms with Gasteiger partial charge in [-0.25, -0.2) is 0 Å². The Labute approximate surface area is 246 Å². The monoisotopic (exact) mass is 573 g/mol. The molecule has 0 saturated heterocycles. The fourth-order valence-corrected chi connectivity index (χ4v) is 5.06. The van der Waals surface area contributed by atoms with Gasteiger partial charge in [-0.05, 0) is 94.6 Å². The molecule has 0 fully saturated rings. The van der Waals surface area contributed by atoms with Crippen LogP contribution in [0.1, 0.15) is 66.5 Å². The molecule has 0 spiro atoms. The lowest BCUT2D eigenvalue weighted by Gasteiger charge is -2.32. The molecule has 0 aliphatic heterocycles. The average Bonchev–Trinajstić information content (AvgIpc) is 3.34. The van der Waals surface area contributed by atoms with Crippen molar-refractivity contribution >= 4 is 34.7 Å². The molecule has 0 bridgehead atoms. The predicted octanol–water partition coefficient (Wildman–Crippen LogP) is 7.40. The van der Waals surface area contributed by atoms with Gasteiger partial charge in [0.1, 0.15) is 6.10 Å². The molecule has 2 heterocycles. The van der Waals surface area contributed by atoms with Crippen LogP contribution in [-0.4, -0.2) is 34.6 Å². The summed E-state index contributed by atoms with van der Waals surface area (Å²) in [6.45, 7) is 9.51. The molecule has 2 aromatic heterocycles. The number of nitrogens with zero attached hydrogens (tertiary/aromatic N) is 1. The van der Waals surface area contributed by atoms with Crippen molar-refractivity contribution in [2.45, 2.75) is 53.8 Å². The Morgan fingerprint density at radius 1 is 0.878 bits per heavy atom. The minimum absolute atomic E-state index is 0.179. The van der Waals surface area contributed by atoms with Gasteiger partial charge in [0.2, 0.25) is 0 Å². The fourth-order valence-electron chi connectivity index (χ4n) is 4.94. The first kappa shape index (κ1) is 30.2. The van der Waals surface area contributed by atoms with Crippen molar-refractivity contribution in [1.82, 2.24) is 4.40 Å². The summed E-state index contributed by atoms with van der Waals surface area (Å²) in [5.74, 6) is -0.752. The standard InChI is InChI=1S/C34H36ClNO5/c1-6-40-32(39)33(2,3)20-24-18-28-19-26(16-17-36(28)21-24)30(38)34(4,5)31(41-22-23-10-8-7-9-11-23)29(37)25-12-14-27(35)15-13-25/h7-19,21,31H,6,20,22H2,1-5H3. The van der Waals surface area contributed by atoms with Gasteiger partial charge in [-0.2, -0.15) is 0 Å². The summed E-state index contributed by atoms with van der Waals surface area (Å²) < 4.78 is 13.4. The van der Waals surface area contributed by atoms with Crippen LogP contribution in [0.2, 0.25) is 5.02 Å².